The molecule has 0 unspecified atom stereocenters. The fourth-order valence-corrected chi connectivity index (χ4v) is 1.75. The van der Waals surface area contributed by atoms with Gasteiger partial charge in [-0.3, -0.25) is 4.79 Å². The Hall–Kier alpha value is -0.790. The van der Waals surface area contributed by atoms with Crippen molar-refractivity contribution in [1.82, 2.24) is 5.32 Å². The molecule has 1 aliphatic rings. The Morgan fingerprint density at radius 2 is 2.15 bits per heavy atom. The summed E-state index contributed by atoms with van der Waals surface area (Å²) in [5.74, 6) is 0.259. The van der Waals surface area contributed by atoms with E-state index in [1.54, 1.807) is 6.08 Å². The standard InChI is InChI=1S/C11H19NO/c1-4-5-12-9-6-10(13)8-11(2,3)7-9/h6,12H,4-5,7-8H2,1-3H3. The summed E-state index contributed by atoms with van der Waals surface area (Å²) >= 11 is 0. The number of hydrogen-bond donors (Lipinski definition) is 1. The van der Waals surface area contributed by atoms with Gasteiger partial charge in [0, 0.05) is 24.7 Å². The summed E-state index contributed by atoms with van der Waals surface area (Å²) < 4.78 is 0. The second-order valence-corrected chi connectivity index (χ2v) is 4.58. The molecule has 2 heteroatoms. The molecule has 0 heterocycles. The van der Waals surface area contributed by atoms with Crippen molar-refractivity contribution in [2.75, 3.05) is 6.54 Å². The van der Waals surface area contributed by atoms with Crippen molar-refractivity contribution in [2.45, 2.75) is 40.0 Å². The minimum atomic E-state index is 0.141. The highest BCUT2D eigenvalue weighted by molar-refractivity contribution is 5.91. The SMILES string of the molecule is CCCNC1=CC(=O)CC(C)(C)C1. The first kappa shape index (κ1) is 10.3. The first-order valence-electron chi connectivity index (χ1n) is 5.01. The second-order valence-electron chi connectivity index (χ2n) is 4.58. The molecule has 74 valence electrons. The van der Waals surface area contributed by atoms with E-state index >= 15 is 0 Å². The Labute approximate surface area is 80.4 Å². The molecule has 1 N–H and O–H groups in total. The lowest BCUT2D eigenvalue weighted by molar-refractivity contribution is -0.117. The third-order valence-electron chi connectivity index (χ3n) is 2.26. The van der Waals surface area contributed by atoms with Gasteiger partial charge in [-0.25, -0.2) is 0 Å². The topological polar surface area (TPSA) is 29.1 Å². The molecule has 0 atom stereocenters. The number of ketones is 1. The zero-order valence-electron chi connectivity index (χ0n) is 8.81. The summed E-state index contributed by atoms with van der Waals surface area (Å²) in [4.78, 5) is 11.3. The van der Waals surface area contributed by atoms with Crippen LogP contribution < -0.4 is 5.32 Å². The maximum absolute atomic E-state index is 11.3. The average Bonchev–Trinajstić information content (AvgIpc) is 1.97. The number of carbonyl (C=O) groups excluding carboxylic acids is 1. The molecule has 0 radical (unpaired) electrons. The van der Waals surface area contributed by atoms with E-state index in [4.69, 9.17) is 0 Å². The van der Waals surface area contributed by atoms with Crippen LogP contribution in [0.3, 0.4) is 0 Å². The van der Waals surface area contributed by atoms with Crippen LogP contribution in [0.5, 0.6) is 0 Å². The van der Waals surface area contributed by atoms with Gasteiger partial charge in [0.2, 0.25) is 0 Å². The first-order chi connectivity index (χ1) is 6.03. The minimum absolute atomic E-state index is 0.141. The average molecular weight is 181 g/mol. The molecule has 0 saturated carbocycles. The van der Waals surface area contributed by atoms with Crippen molar-refractivity contribution in [3.8, 4) is 0 Å². The van der Waals surface area contributed by atoms with Gasteiger partial charge < -0.3 is 5.32 Å². The molecule has 0 aromatic carbocycles. The number of allylic oxidation sites excluding steroid dienone is 2. The third-order valence-corrected chi connectivity index (χ3v) is 2.26. The van der Waals surface area contributed by atoms with E-state index in [9.17, 15) is 4.79 Å². The van der Waals surface area contributed by atoms with E-state index in [1.165, 1.54) is 0 Å². The van der Waals surface area contributed by atoms with Gasteiger partial charge in [-0.1, -0.05) is 20.8 Å². The van der Waals surface area contributed by atoms with Crippen LogP contribution in [-0.2, 0) is 4.79 Å². The molecule has 1 rings (SSSR count). The van der Waals surface area contributed by atoms with E-state index in [0.717, 1.165) is 25.1 Å². The van der Waals surface area contributed by atoms with Gasteiger partial charge in [0.05, 0.1) is 0 Å². The van der Waals surface area contributed by atoms with Gasteiger partial charge in [0.1, 0.15) is 0 Å². The van der Waals surface area contributed by atoms with Crippen molar-refractivity contribution in [2.24, 2.45) is 5.41 Å². The summed E-state index contributed by atoms with van der Waals surface area (Å²) in [6.07, 6.45) is 4.55. The van der Waals surface area contributed by atoms with Crippen LogP contribution in [0, 0.1) is 5.41 Å². The zero-order chi connectivity index (χ0) is 9.90. The van der Waals surface area contributed by atoms with E-state index in [1.807, 2.05) is 0 Å². The Balaban J connectivity index is 2.59. The first-order valence-corrected chi connectivity index (χ1v) is 5.01. The Bertz CT molecular complexity index is 228. The van der Waals surface area contributed by atoms with Crippen LogP contribution in [0.25, 0.3) is 0 Å². The smallest absolute Gasteiger partial charge is 0.157 e. The van der Waals surface area contributed by atoms with Gasteiger partial charge in [0.15, 0.2) is 5.78 Å². The van der Waals surface area contributed by atoms with Crippen LogP contribution in [0.2, 0.25) is 0 Å². The lowest BCUT2D eigenvalue weighted by Crippen LogP contribution is -2.28. The van der Waals surface area contributed by atoms with Crippen molar-refractivity contribution in [3.63, 3.8) is 0 Å². The van der Waals surface area contributed by atoms with Crippen LogP contribution in [0.4, 0.5) is 0 Å². The third kappa shape index (κ3) is 3.21. The molecule has 0 amide bonds. The van der Waals surface area contributed by atoms with Gasteiger partial charge >= 0.3 is 0 Å². The monoisotopic (exact) mass is 181 g/mol. The lowest BCUT2D eigenvalue weighted by Gasteiger charge is -2.29. The normalized spacial score (nSPS) is 21.2. The van der Waals surface area contributed by atoms with Gasteiger partial charge in [0.25, 0.3) is 0 Å². The van der Waals surface area contributed by atoms with Crippen LogP contribution >= 0.6 is 0 Å². The highest BCUT2D eigenvalue weighted by Gasteiger charge is 2.26. The van der Waals surface area contributed by atoms with E-state index in [-0.39, 0.29) is 11.2 Å². The summed E-state index contributed by atoms with van der Waals surface area (Å²) in [5.41, 5.74) is 1.25. The van der Waals surface area contributed by atoms with E-state index in [0.29, 0.717) is 6.42 Å². The molecule has 0 fully saturated rings. The maximum atomic E-state index is 11.3. The molecule has 1 aliphatic carbocycles. The number of carbonyl (C=O) groups is 1. The molecule has 0 saturated heterocycles. The fraction of sp³-hybridized carbons (Fsp3) is 0.727. The van der Waals surface area contributed by atoms with Gasteiger partial charge in [-0.2, -0.15) is 0 Å². The molecule has 0 bridgehead atoms. The van der Waals surface area contributed by atoms with Crippen LogP contribution in [0.15, 0.2) is 11.8 Å². The van der Waals surface area contributed by atoms with E-state index < -0.39 is 0 Å². The quantitative estimate of drug-likeness (QED) is 0.723. The van der Waals surface area contributed by atoms with Crippen molar-refractivity contribution < 1.29 is 4.79 Å². The number of nitrogens with one attached hydrogen (secondary N) is 1. The van der Waals surface area contributed by atoms with Gasteiger partial charge in [-0.15, -0.1) is 0 Å². The fourth-order valence-electron chi connectivity index (χ4n) is 1.75. The Kier molecular flexibility index (Phi) is 3.12. The van der Waals surface area contributed by atoms with Gasteiger partial charge in [-0.05, 0) is 18.3 Å². The summed E-state index contributed by atoms with van der Waals surface area (Å²) in [5, 5.41) is 3.30. The Morgan fingerprint density at radius 1 is 1.46 bits per heavy atom. The molecule has 13 heavy (non-hydrogen) atoms. The van der Waals surface area contributed by atoms with Crippen LogP contribution in [0.1, 0.15) is 40.0 Å². The summed E-state index contributed by atoms with van der Waals surface area (Å²) in [6, 6.07) is 0. The predicted molar refractivity (Wildman–Crippen MR) is 54.4 cm³/mol. The highest BCUT2D eigenvalue weighted by Crippen LogP contribution is 2.32. The van der Waals surface area contributed by atoms with Crippen molar-refractivity contribution in [3.05, 3.63) is 11.8 Å². The Morgan fingerprint density at radius 3 is 2.69 bits per heavy atom. The van der Waals surface area contributed by atoms with Crippen LogP contribution in [-0.4, -0.2) is 12.3 Å². The molecule has 0 spiro atoms. The number of hydrogen-bond acceptors (Lipinski definition) is 2. The number of rotatable bonds is 3. The largest absolute Gasteiger partial charge is 0.388 e. The van der Waals surface area contributed by atoms with Crippen molar-refractivity contribution >= 4 is 5.78 Å². The second kappa shape index (κ2) is 3.95. The molecule has 0 aromatic rings. The maximum Gasteiger partial charge on any atom is 0.157 e. The molecule has 0 aliphatic heterocycles. The summed E-state index contributed by atoms with van der Waals surface area (Å²) in [6.45, 7) is 7.38. The minimum Gasteiger partial charge on any atom is -0.388 e. The molecule has 2 nitrogen and oxygen atoms in total. The van der Waals surface area contributed by atoms with Crippen molar-refractivity contribution in [1.29, 1.82) is 0 Å². The lowest BCUT2D eigenvalue weighted by atomic mass is 9.79. The predicted octanol–water partition coefficient (Wildman–Crippen LogP) is 2.26. The molecular formula is C11H19NO. The summed E-state index contributed by atoms with van der Waals surface area (Å²) in [7, 11) is 0. The molecule has 0 aromatic heterocycles. The van der Waals surface area contributed by atoms with E-state index in [2.05, 4.69) is 26.1 Å². The highest BCUT2D eigenvalue weighted by atomic mass is 16.1. The zero-order valence-corrected chi connectivity index (χ0v) is 8.81. The molecular weight excluding hydrogens is 162 g/mol.